The molecule has 0 saturated heterocycles. The van der Waals surface area contributed by atoms with Crippen molar-refractivity contribution in [1.29, 1.82) is 0 Å². The van der Waals surface area contributed by atoms with Crippen LogP contribution in [0.25, 0.3) is 10.2 Å². The number of nitrogens with zero attached hydrogens (tertiary/aromatic N) is 2. The molecule has 0 saturated carbocycles. The lowest BCUT2D eigenvalue weighted by molar-refractivity contribution is 0.103. The van der Waals surface area contributed by atoms with Crippen molar-refractivity contribution < 1.29 is 9.53 Å². The topological polar surface area (TPSA) is 73.2 Å². The minimum atomic E-state index is -0.223. The first-order valence-corrected chi connectivity index (χ1v) is 9.18. The van der Waals surface area contributed by atoms with Crippen LogP contribution < -0.4 is 10.9 Å². The monoisotopic (exact) mass is 371 g/mol. The van der Waals surface area contributed by atoms with Gasteiger partial charge in [0.2, 0.25) is 0 Å². The van der Waals surface area contributed by atoms with Gasteiger partial charge in [-0.3, -0.25) is 14.2 Å². The van der Waals surface area contributed by atoms with E-state index in [2.05, 4.69) is 10.3 Å². The number of aromatic nitrogens is 2. The van der Waals surface area contributed by atoms with Gasteiger partial charge >= 0.3 is 0 Å². The molecular weight excluding hydrogens is 350 g/mol. The lowest BCUT2D eigenvalue weighted by Crippen LogP contribution is -2.21. The van der Waals surface area contributed by atoms with Crippen LogP contribution in [-0.2, 0) is 11.3 Å². The van der Waals surface area contributed by atoms with Gasteiger partial charge in [0.25, 0.3) is 11.5 Å². The molecule has 0 radical (unpaired) electrons. The summed E-state index contributed by atoms with van der Waals surface area (Å²) in [5.74, 6) is -0.223. The summed E-state index contributed by atoms with van der Waals surface area (Å²) in [6, 6.07) is 7.59. The number of rotatable bonds is 6. The average Bonchev–Trinajstić information content (AvgIpc) is 2.97. The van der Waals surface area contributed by atoms with E-state index in [4.69, 9.17) is 4.74 Å². The van der Waals surface area contributed by atoms with Gasteiger partial charge in [-0.1, -0.05) is 17.7 Å². The van der Waals surface area contributed by atoms with Crippen molar-refractivity contribution >= 4 is 33.1 Å². The molecule has 1 amide bonds. The van der Waals surface area contributed by atoms with Crippen LogP contribution in [0.5, 0.6) is 0 Å². The van der Waals surface area contributed by atoms with Gasteiger partial charge in [-0.25, -0.2) is 4.98 Å². The molecule has 0 aliphatic heterocycles. The maximum absolute atomic E-state index is 12.7. The quantitative estimate of drug-likeness (QED) is 0.674. The van der Waals surface area contributed by atoms with Crippen LogP contribution in [0.15, 0.2) is 35.4 Å². The predicted molar refractivity (Wildman–Crippen MR) is 104 cm³/mol. The second-order valence-corrected chi connectivity index (χ2v) is 7.15. The number of carbonyl (C=O) groups is 1. The minimum absolute atomic E-state index is 0.116. The lowest BCUT2D eigenvalue weighted by Gasteiger charge is -2.05. The highest BCUT2D eigenvalue weighted by molar-refractivity contribution is 7.20. The molecule has 0 unspecified atom stereocenters. The van der Waals surface area contributed by atoms with Crippen molar-refractivity contribution in [3.63, 3.8) is 0 Å². The summed E-state index contributed by atoms with van der Waals surface area (Å²) in [6.07, 6.45) is 2.27. The first-order valence-electron chi connectivity index (χ1n) is 8.36. The van der Waals surface area contributed by atoms with Gasteiger partial charge in [-0.15, -0.1) is 11.3 Å². The highest BCUT2D eigenvalue weighted by atomic mass is 32.1. The molecule has 0 aliphatic carbocycles. The van der Waals surface area contributed by atoms with Crippen LogP contribution in [-0.4, -0.2) is 29.2 Å². The smallest absolute Gasteiger partial charge is 0.266 e. The highest BCUT2D eigenvalue weighted by Gasteiger charge is 2.19. The van der Waals surface area contributed by atoms with Crippen molar-refractivity contribution in [2.24, 2.45) is 0 Å². The van der Waals surface area contributed by atoms with Crippen molar-refractivity contribution in [2.75, 3.05) is 19.0 Å². The van der Waals surface area contributed by atoms with Gasteiger partial charge in [0.15, 0.2) is 0 Å². The molecule has 1 N–H and O–H groups in total. The number of aryl methyl sites for hydroxylation is 3. The zero-order valence-corrected chi connectivity index (χ0v) is 15.9. The third-order valence-corrected chi connectivity index (χ3v) is 5.38. The van der Waals surface area contributed by atoms with E-state index in [0.717, 1.165) is 17.7 Å². The fourth-order valence-corrected chi connectivity index (χ4v) is 3.77. The SMILES string of the molecule is COCCCn1cnc2sc(C(=O)Nc3ccc(C)cc3)c(C)c2c1=O. The molecule has 0 fully saturated rings. The average molecular weight is 371 g/mol. The molecule has 0 aliphatic rings. The van der Waals surface area contributed by atoms with Crippen molar-refractivity contribution in [1.82, 2.24) is 9.55 Å². The number of nitrogens with one attached hydrogen (secondary N) is 1. The van der Waals surface area contributed by atoms with Gasteiger partial charge in [0.05, 0.1) is 16.6 Å². The second-order valence-electron chi connectivity index (χ2n) is 6.15. The summed E-state index contributed by atoms with van der Waals surface area (Å²) in [7, 11) is 1.63. The molecule has 136 valence electrons. The molecule has 26 heavy (non-hydrogen) atoms. The summed E-state index contributed by atoms with van der Waals surface area (Å²) in [6.45, 7) is 4.91. The number of thiophene rings is 1. The van der Waals surface area contributed by atoms with Gasteiger partial charge < -0.3 is 10.1 Å². The Hall–Kier alpha value is -2.51. The Morgan fingerprint density at radius 2 is 2.00 bits per heavy atom. The van der Waals surface area contributed by atoms with Gasteiger partial charge in [-0.05, 0) is 38.0 Å². The Bertz CT molecular complexity index is 990. The number of amides is 1. The van der Waals surface area contributed by atoms with Gasteiger partial charge in [0, 0.05) is 25.9 Å². The number of methoxy groups -OCH3 is 1. The van der Waals surface area contributed by atoms with Crippen LogP contribution in [0.3, 0.4) is 0 Å². The number of ether oxygens (including phenoxy) is 1. The summed E-state index contributed by atoms with van der Waals surface area (Å²) in [5.41, 5.74) is 2.41. The molecular formula is C19H21N3O3S. The third-order valence-electron chi connectivity index (χ3n) is 4.18. The summed E-state index contributed by atoms with van der Waals surface area (Å²) < 4.78 is 6.60. The lowest BCUT2D eigenvalue weighted by atomic mass is 10.2. The van der Waals surface area contributed by atoms with Crippen LogP contribution in [0, 0.1) is 13.8 Å². The van der Waals surface area contributed by atoms with Crippen LogP contribution >= 0.6 is 11.3 Å². The molecule has 2 heterocycles. The van der Waals surface area contributed by atoms with Gasteiger partial charge in [-0.2, -0.15) is 0 Å². The highest BCUT2D eigenvalue weighted by Crippen LogP contribution is 2.27. The largest absolute Gasteiger partial charge is 0.385 e. The van der Waals surface area contributed by atoms with E-state index in [1.54, 1.807) is 18.6 Å². The maximum atomic E-state index is 12.7. The van der Waals surface area contributed by atoms with Crippen LogP contribution in [0.4, 0.5) is 5.69 Å². The first-order chi connectivity index (χ1) is 12.5. The van der Waals surface area contributed by atoms with Crippen molar-refractivity contribution in [3.05, 3.63) is 57.0 Å². The van der Waals surface area contributed by atoms with E-state index in [1.165, 1.54) is 17.7 Å². The molecule has 7 heteroatoms. The Labute approximate surface area is 155 Å². The first kappa shape index (κ1) is 18.3. The third kappa shape index (κ3) is 3.68. The zero-order valence-electron chi connectivity index (χ0n) is 15.0. The fraction of sp³-hybridized carbons (Fsp3) is 0.316. The molecule has 3 aromatic rings. The molecule has 6 nitrogen and oxygen atoms in total. The number of fused-ring (bicyclic) bond motifs is 1. The molecule has 3 rings (SSSR count). The number of benzene rings is 1. The Morgan fingerprint density at radius 3 is 2.69 bits per heavy atom. The molecule has 0 atom stereocenters. The summed E-state index contributed by atoms with van der Waals surface area (Å²) in [5, 5.41) is 3.40. The number of hydrogen-bond donors (Lipinski definition) is 1. The minimum Gasteiger partial charge on any atom is -0.385 e. The number of anilines is 1. The second kappa shape index (κ2) is 7.80. The Kier molecular flexibility index (Phi) is 5.49. The molecule has 1 aromatic carbocycles. The van der Waals surface area contributed by atoms with E-state index < -0.39 is 0 Å². The molecule has 0 spiro atoms. The zero-order chi connectivity index (χ0) is 18.7. The molecule has 0 bridgehead atoms. The van der Waals surface area contributed by atoms with E-state index in [9.17, 15) is 9.59 Å². The van der Waals surface area contributed by atoms with Crippen molar-refractivity contribution in [2.45, 2.75) is 26.8 Å². The standard InChI is InChI=1S/C19H21N3O3S/c1-12-5-7-14(8-6-12)21-17(23)16-13(2)15-18(26-16)20-11-22(19(15)24)9-4-10-25-3/h5-8,11H,4,9-10H2,1-3H3,(H,21,23). The Balaban J connectivity index is 1.90. The number of carbonyl (C=O) groups excluding carboxylic acids is 1. The van der Waals surface area contributed by atoms with Gasteiger partial charge in [0.1, 0.15) is 4.83 Å². The van der Waals surface area contributed by atoms with Crippen LogP contribution in [0.2, 0.25) is 0 Å². The van der Waals surface area contributed by atoms with E-state index >= 15 is 0 Å². The summed E-state index contributed by atoms with van der Waals surface area (Å²) >= 11 is 1.24. The van der Waals surface area contributed by atoms with Crippen LogP contribution in [0.1, 0.15) is 27.2 Å². The number of hydrogen-bond acceptors (Lipinski definition) is 5. The van der Waals surface area contributed by atoms with E-state index in [0.29, 0.717) is 33.8 Å². The molecule has 2 aromatic heterocycles. The fourth-order valence-electron chi connectivity index (χ4n) is 2.74. The normalized spacial score (nSPS) is 11.0. The maximum Gasteiger partial charge on any atom is 0.266 e. The predicted octanol–water partition coefficient (Wildman–Crippen LogP) is 3.36. The van der Waals surface area contributed by atoms with Crippen molar-refractivity contribution in [3.8, 4) is 0 Å². The summed E-state index contributed by atoms with van der Waals surface area (Å²) in [4.78, 5) is 30.8. The van der Waals surface area contributed by atoms with E-state index in [-0.39, 0.29) is 11.5 Å². The Morgan fingerprint density at radius 1 is 1.27 bits per heavy atom. The van der Waals surface area contributed by atoms with E-state index in [1.807, 2.05) is 31.2 Å².